The predicted molar refractivity (Wildman–Crippen MR) is 75.0 cm³/mol. The molecule has 0 bridgehead atoms. The molecule has 0 saturated carbocycles. The summed E-state index contributed by atoms with van der Waals surface area (Å²) < 4.78 is 41.6. The number of methoxy groups -OCH3 is 1. The van der Waals surface area contributed by atoms with Crippen LogP contribution < -0.4 is 5.32 Å². The summed E-state index contributed by atoms with van der Waals surface area (Å²) in [5.74, 6) is -2.85. The zero-order valence-corrected chi connectivity index (χ0v) is 12.8. The van der Waals surface area contributed by atoms with E-state index >= 15 is 0 Å². The average molecular weight is 350 g/mol. The number of esters is 1. The normalized spacial score (nSPS) is 18.2. The topological polar surface area (TPSA) is 75.7 Å². The number of halogens is 3. The Hall–Kier alpha value is -2.10. The van der Waals surface area contributed by atoms with Crippen molar-refractivity contribution in [3.05, 3.63) is 16.3 Å². The predicted octanol–water partition coefficient (Wildman–Crippen LogP) is 1.88. The van der Waals surface area contributed by atoms with Gasteiger partial charge in [-0.3, -0.25) is 9.59 Å². The van der Waals surface area contributed by atoms with E-state index in [0.29, 0.717) is 4.90 Å². The molecule has 6 nitrogen and oxygen atoms in total. The van der Waals surface area contributed by atoms with Crippen molar-refractivity contribution in [2.24, 2.45) is 5.92 Å². The number of nitrogens with one attached hydrogen (secondary N) is 1. The van der Waals surface area contributed by atoms with E-state index in [2.05, 4.69) is 10.1 Å². The van der Waals surface area contributed by atoms with Gasteiger partial charge in [-0.2, -0.15) is 13.2 Å². The molecule has 2 amide bonds. The number of anilines is 1. The number of hydrogen-bond donors (Lipinski definition) is 1. The van der Waals surface area contributed by atoms with Gasteiger partial charge in [0, 0.05) is 13.0 Å². The average Bonchev–Trinajstić information content (AvgIpc) is 3.04. The SMILES string of the molecule is COC(=O)c1sccc1NC(=O)C1CC(=O)N(CC(F)(F)F)C1. The zero-order chi connectivity index (χ0) is 17.2. The number of carbonyl (C=O) groups is 3. The fourth-order valence-corrected chi connectivity index (χ4v) is 2.98. The summed E-state index contributed by atoms with van der Waals surface area (Å²) in [5, 5.41) is 4.03. The first-order valence-corrected chi connectivity index (χ1v) is 7.40. The lowest BCUT2D eigenvalue weighted by molar-refractivity contribution is -0.157. The summed E-state index contributed by atoms with van der Waals surface area (Å²) in [6.07, 6.45) is -4.80. The summed E-state index contributed by atoms with van der Waals surface area (Å²) in [7, 11) is 1.19. The maximum Gasteiger partial charge on any atom is 0.406 e. The molecule has 2 rings (SSSR count). The highest BCUT2D eigenvalue weighted by Gasteiger charge is 2.40. The maximum absolute atomic E-state index is 12.4. The van der Waals surface area contributed by atoms with Crippen LogP contribution in [-0.4, -0.2) is 49.1 Å². The molecule has 1 unspecified atom stereocenters. The van der Waals surface area contributed by atoms with Crippen molar-refractivity contribution in [2.75, 3.05) is 25.5 Å². The fourth-order valence-electron chi connectivity index (χ4n) is 2.21. The molecule has 1 fully saturated rings. The van der Waals surface area contributed by atoms with Crippen LogP contribution >= 0.6 is 11.3 Å². The molecule has 23 heavy (non-hydrogen) atoms. The minimum atomic E-state index is -4.51. The Kier molecular flexibility index (Phi) is 4.93. The molecule has 126 valence electrons. The molecule has 0 spiro atoms. The smallest absolute Gasteiger partial charge is 0.406 e. The zero-order valence-electron chi connectivity index (χ0n) is 12.0. The maximum atomic E-state index is 12.4. The summed E-state index contributed by atoms with van der Waals surface area (Å²) in [6.45, 7) is -1.68. The van der Waals surface area contributed by atoms with Crippen LogP contribution in [0.1, 0.15) is 16.1 Å². The van der Waals surface area contributed by atoms with Crippen LogP contribution in [0.25, 0.3) is 0 Å². The van der Waals surface area contributed by atoms with E-state index in [1.807, 2.05) is 0 Å². The van der Waals surface area contributed by atoms with Crippen LogP contribution in [0.4, 0.5) is 18.9 Å². The highest BCUT2D eigenvalue weighted by atomic mass is 32.1. The van der Waals surface area contributed by atoms with E-state index in [1.54, 1.807) is 5.38 Å². The number of amides is 2. The van der Waals surface area contributed by atoms with Crippen LogP contribution in [0.15, 0.2) is 11.4 Å². The minimum Gasteiger partial charge on any atom is -0.465 e. The van der Waals surface area contributed by atoms with Crippen molar-refractivity contribution >= 4 is 34.8 Å². The molecule has 2 heterocycles. The van der Waals surface area contributed by atoms with E-state index in [4.69, 9.17) is 0 Å². The minimum absolute atomic E-state index is 0.178. The summed E-state index contributed by atoms with van der Waals surface area (Å²) in [5.41, 5.74) is 0.216. The molecule has 1 atom stereocenters. The monoisotopic (exact) mass is 350 g/mol. The van der Waals surface area contributed by atoms with Crippen LogP contribution in [0.2, 0.25) is 0 Å². The van der Waals surface area contributed by atoms with Crippen molar-refractivity contribution in [3.63, 3.8) is 0 Å². The van der Waals surface area contributed by atoms with E-state index in [-0.39, 0.29) is 23.5 Å². The van der Waals surface area contributed by atoms with Crippen molar-refractivity contribution in [1.29, 1.82) is 0 Å². The van der Waals surface area contributed by atoms with E-state index in [9.17, 15) is 27.6 Å². The van der Waals surface area contributed by atoms with Gasteiger partial charge in [-0.15, -0.1) is 11.3 Å². The first kappa shape index (κ1) is 17.3. The molecule has 1 aromatic heterocycles. The quantitative estimate of drug-likeness (QED) is 0.842. The number of rotatable bonds is 4. The molecular weight excluding hydrogens is 337 g/mol. The third-order valence-electron chi connectivity index (χ3n) is 3.25. The second-order valence-corrected chi connectivity index (χ2v) is 5.85. The van der Waals surface area contributed by atoms with Crippen molar-refractivity contribution in [2.45, 2.75) is 12.6 Å². The first-order chi connectivity index (χ1) is 10.7. The largest absolute Gasteiger partial charge is 0.465 e. The number of thiophene rings is 1. The molecular formula is C13H13F3N2O4S. The van der Waals surface area contributed by atoms with Gasteiger partial charge in [-0.25, -0.2) is 4.79 Å². The van der Waals surface area contributed by atoms with Gasteiger partial charge in [0.1, 0.15) is 11.4 Å². The Morgan fingerprint density at radius 1 is 1.48 bits per heavy atom. The lowest BCUT2D eigenvalue weighted by atomic mass is 10.1. The van der Waals surface area contributed by atoms with Crippen LogP contribution in [0.3, 0.4) is 0 Å². The van der Waals surface area contributed by atoms with Crippen LogP contribution in [0.5, 0.6) is 0 Å². The standard InChI is InChI=1S/C13H13F3N2O4S/c1-22-12(21)10-8(2-3-23-10)17-11(20)7-4-9(19)18(5-7)6-13(14,15)16/h2-3,7H,4-6H2,1H3,(H,17,20). The lowest BCUT2D eigenvalue weighted by Gasteiger charge is -2.18. The molecule has 1 N–H and O–H groups in total. The lowest BCUT2D eigenvalue weighted by Crippen LogP contribution is -2.36. The van der Waals surface area contributed by atoms with Gasteiger partial charge in [0.05, 0.1) is 18.7 Å². The summed E-state index contributed by atoms with van der Waals surface area (Å²) >= 11 is 1.06. The molecule has 1 saturated heterocycles. The summed E-state index contributed by atoms with van der Waals surface area (Å²) in [6, 6.07) is 1.49. The summed E-state index contributed by atoms with van der Waals surface area (Å²) in [4.78, 5) is 36.0. The van der Waals surface area contributed by atoms with Crippen molar-refractivity contribution < 1.29 is 32.3 Å². The van der Waals surface area contributed by atoms with E-state index in [0.717, 1.165) is 11.3 Å². The second-order valence-electron chi connectivity index (χ2n) is 4.93. The van der Waals surface area contributed by atoms with Crippen LogP contribution in [0, 0.1) is 5.92 Å². The highest BCUT2D eigenvalue weighted by Crippen LogP contribution is 2.27. The number of hydrogen-bond acceptors (Lipinski definition) is 5. The number of carbonyl (C=O) groups excluding carboxylic acids is 3. The molecule has 1 aliphatic heterocycles. The number of ether oxygens (including phenoxy) is 1. The van der Waals surface area contributed by atoms with Crippen molar-refractivity contribution in [1.82, 2.24) is 4.90 Å². The fraction of sp³-hybridized carbons (Fsp3) is 0.462. The Balaban J connectivity index is 2.01. The number of likely N-dealkylation sites (tertiary alicyclic amines) is 1. The number of alkyl halides is 3. The van der Waals surface area contributed by atoms with Crippen LogP contribution in [-0.2, 0) is 14.3 Å². The Morgan fingerprint density at radius 2 is 2.17 bits per heavy atom. The molecule has 0 radical (unpaired) electrons. The first-order valence-electron chi connectivity index (χ1n) is 6.52. The number of nitrogens with zero attached hydrogens (tertiary/aromatic N) is 1. The van der Waals surface area contributed by atoms with E-state index in [1.165, 1.54) is 13.2 Å². The molecule has 0 aromatic carbocycles. The van der Waals surface area contributed by atoms with Gasteiger partial charge in [-0.1, -0.05) is 0 Å². The molecule has 1 aliphatic rings. The van der Waals surface area contributed by atoms with E-state index < -0.39 is 36.4 Å². The third-order valence-corrected chi connectivity index (χ3v) is 4.14. The third kappa shape index (κ3) is 4.21. The molecule has 10 heteroatoms. The van der Waals surface area contributed by atoms with Gasteiger partial charge in [0.2, 0.25) is 11.8 Å². The van der Waals surface area contributed by atoms with Gasteiger partial charge in [-0.05, 0) is 11.4 Å². The van der Waals surface area contributed by atoms with Gasteiger partial charge in [0.15, 0.2) is 0 Å². The Labute approximate surface area is 133 Å². The Bertz CT molecular complexity index is 629. The molecule has 0 aliphatic carbocycles. The Morgan fingerprint density at radius 3 is 2.78 bits per heavy atom. The highest BCUT2D eigenvalue weighted by molar-refractivity contribution is 7.12. The van der Waals surface area contributed by atoms with Gasteiger partial charge in [0.25, 0.3) is 0 Å². The van der Waals surface area contributed by atoms with Gasteiger partial charge >= 0.3 is 12.1 Å². The van der Waals surface area contributed by atoms with Gasteiger partial charge < -0.3 is 15.0 Å². The second kappa shape index (κ2) is 6.57. The van der Waals surface area contributed by atoms with Crippen molar-refractivity contribution in [3.8, 4) is 0 Å². The molecule has 1 aromatic rings.